The Morgan fingerprint density at radius 3 is 2.61 bits per heavy atom. The fourth-order valence-electron chi connectivity index (χ4n) is 3.76. The molecule has 2 heterocycles. The molecular weight excluding hydrogens is 350 g/mol. The summed E-state index contributed by atoms with van der Waals surface area (Å²) in [6, 6.07) is 16.2. The molecule has 4 rings (SSSR count). The summed E-state index contributed by atoms with van der Waals surface area (Å²) in [5.41, 5.74) is 10.5. The van der Waals surface area contributed by atoms with Gasteiger partial charge in [0.1, 0.15) is 11.3 Å². The smallest absolute Gasteiger partial charge is 0.326 e. The molecule has 6 nitrogen and oxygen atoms in total. The zero-order valence-electron chi connectivity index (χ0n) is 16.3. The van der Waals surface area contributed by atoms with Gasteiger partial charge in [-0.05, 0) is 30.3 Å². The first-order chi connectivity index (χ1) is 13.6. The average molecular weight is 375 g/mol. The SMILES string of the molecule is CCN(CC)Cc1cccc(Cn2c(=O)[nH]c3c(N)nc4ccccc4c32)c1. The molecule has 0 fully saturated rings. The Balaban J connectivity index is 1.79. The highest BCUT2D eigenvalue weighted by molar-refractivity contribution is 6.06. The lowest BCUT2D eigenvalue weighted by molar-refractivity contribution is 0.296. The third-order valence-corrected chi connectivity index (χ3v) is 5.27. The quantitative estimate of drug-likeness (QED) is 0.542. The van der Waals surface area contributed by atoms with Crippen molar-refractivity contribution in [1.82, 2.24) is 19.4 Å². The molecule has 144 valence electrons. The molecule has 2 aromatic carbocycles. The highest BCUT2D eigenvalue weighted by Gasteiger charge is 2.15. The van der Waals surface area contributed by atoms with Crippen molar-refractivity contribution in [3.8, 4) is 0 Å². The Hall–Kier alpha value is -3.12. The van der Waals surface area contributed by atoms with E-state index in [2.05, 4.69) is 53.0 Å². The number of nitrogens with two attached hydrogens (primary N) is 1. The van der Waals surface area contributed by atoms with Gasteiger partial charge in [0, 0.05) is 11.9 Å². The van der Waals surface area contributed by atoms with Gasteiger partial charge >= 0.3 is 5.69 Å². The number of nitrogens with zero attached hydrogens (tertiary/aromatic N) is 3. The molecule has 0 aliphatic carbocycles. The summed E-state index contributed by atoms with van der Waals surface area (Å²) in [5.74, 6) is 0.347. The minimum atomic E-state index is -0.172. The fourth-order valence-corrected chi connectivity index (χ4v) is 3.76. The first kappa shape index (κ1) is 18.3. The third-order valence-electron chi connectivity index (χ3n) is 5.27. The lowest BCUT2D eigenvalue weighted by Gasteiger charge is -2.18. The number of nitrogens with one attached hydrogen (secondary N) is 1. The van der Waals surface area contributed by atoms with Crippen LogP contribution in [0.25, 0.3) is 21.9 Å². The summed E-state index contributed by atoms with van der Waals surface area (Å²) in [6.07, 6.45) is 0. The summed E-state index contributed by atoms with van der Waals surface area (Å²) >= 11 is 0. The number of fused-ring (bicyclic) bond motifs is 3. The van der Waals surface area contributed by atoms with Gasteiger partial charge in [-0.15, -0.1) is 0 Å². The lowest BCUT2D eigenvalue weighted by atomic mass is 10.1. The second-order valence-corrected chi connectivity index (χ2v) is 7.04. The van der Waals surface area contributed by atoms with Crippen LogP contribution >= 0.6 is 0 Å². The molecule has 3 N–H and O–H groups in total. The number of imidazole rings is 1. The van der Waals surface area contributed by atoms with Crippen LogP contribution < -0.4 is 11.4 Å². The molecule has 6 heteroatoms. The zero-order chi connectivity index (χ0) is 19.7. The maximum Gasteiger partial charge on any atom is 0.326 e. The number of anilines is 1. The average Bonchev–Trinajstić information content (AvgIpc) is 3.04. The lowest BCUT2D eigenvalue weighted by Crippen LogP contribution is -2.22. The van der Waals surface area contributed by atoms with Gasteiger partial charge < -0.3 is 10.7 Å². The van der Waals surface area contributed by atoms with Gasteiger partial charge in [0.05, 0.1) is 17.6 Å². The van der Waals surface area contributed by atoms with E-state index in [4.69, 9.17) is 5.73 Å². The zero-order valence-corrected chi connectivity index (χ0v) is 16.3. The maximum absolute atomic E-state index is 12.7. The molecule has 0 saturated carbocycles. The van der Waals surface area contributed by atoms with Crippen molar-refractivity contribution in [3.05, 3.63) is 70.1 Å². The normalized spacial score (nSPS) is 11.7. The number of hydrogen-bond donors (Lipinski definition) is 2. The Kier molecular flexibility index (Phi) is 4.88. The van der Waals surface area contributed by atoms with Crippen molar-refractivity contribution in [2.45, 2.75) is 26.9 Å². The van der Waals surface area contributed by atoms with E-state index in [0.29, 0.717) is 17.9 Å². The monoisotopic (exact) mass is 375 g/mol. The fraction of sp³-hybridized carbons (Fsp3) is 0.273. The summed E-state index contributed by atoms with van der Waals surface area (Å²) in [7, 11) is 0. The van der Waals surface area contributed by atoms with Crippen molar-refractivity contribution >= 4 is 27.8 Å². The van der Waals surface area contributed by atoms with Crippen LogP contribution in [0.1, 0.15) is 25.0 Å². The molecule has 0 atom stereocenters. The van der Waals surface area contributed by atoms with Gasteiger partial charge in [-0.1, -0.05) is 56.3 Å². The number of pyridine rings is 1. The van der Waals surface area contributed by atoms with Gasteiger partial charge in [0.2, 0.25) is 0 Å². The molecule has 0 unspecified atom stereocenters. The molecule has 0 aliphatic rings. The second-order valence-electron chi connectivity index (χ2n) is 7.04. The Labute approximate surface area is 163 Å². The molecule has 4 aromatic rings. The van der Waals surface area contributed by atoms with E-state index >= 15 is 0 Å². The highest BCUT2D eigenvalue weighted by Crippen LogP contribution is 2.26. The minimum Gasteiger partial charge on any atom is -0.382 e. The number of nitrogen functional groups attached to an aromatic ring is 1. The first-order valence-electron chi connectivity index (χ1n) is 9.67. The number of hydrogen-bond acceptors (Lipinski definition) is 4. The van der Waals surface area contributed by atoms with Crippen LogP contribution in [-0.2, 0) is 13.1 Å². The minimum absolute atomic E-state index is 0.172. The van der Waals surface area contributed by atoms with Crippen molar-refractivity contribution in [2.24, 2.45) is 0 Å². The number of benzene rings is 2. The van der Waals surface area contributed by atoms with Crippen LogP contribution in [-0.4, -0.2) is 32.5 Å². The standard InChI is InChI=1S/C22H25N5O/c1-3-26(4-2)13-15-8-7-9-16(12-15)14-27-20-17-10-5-6-11-18(17)24-21(23)19(20)25-22(27)28/h5-12H,3-4,13-14H2,1-2H3,(H2,23,24)(H,25,28). The summed E-state index contributed by atoms with van der Waals surface area (Å²) in [4.78, 5) is 22.4. The van der Waals surface area contributed by atoms with E-state index in [1.165, 1.54) is 5.56 Å². The molecule has 0 saturated heterocycles. The van der Waals surface area contributed by atoms with Gasteiger partial charge in [0.25, 0.3) is 0 Å². The second kappa shape index (κ2) is 7.48. The van der Waals surface area contributed by atoms with Crippen LogP contribution in [0.3, 0.4) is 0 Å². The first-order valence-corrected chi connectivity index (χ1v) is 9.67. The number of aromatic amines is 1. The predicted octanol–water partition coefficient (Wildman–Crippen LogP) is 3.35. The van der Waals surface area contributed by atoms with Crippen LogP contribution in [0, 0.1) is 0 Å². The summed E-state index contributed by atoms with van der Waals surface area (Å²) in [6.45, 7) is 7.76. The van der Waals surface area contributed by atoms with Gasteiger partial charge in [0.15, 0.2) is 0 Å². The van der Waals surface area contributed by atoms with Gasteiger partial charge in [-0.3, -0.25) is 9.47 Å². The van der Waals surface area contributed by atoms with E-state index in [-0.39, 0.29) is 5.69 Å². The van der Waals surface area contributed by atoms with Crippen molar-refractivity contribution in [2.75, 3.05) is 18.8 Å². The molecule has 0 spiro atoms. The Morgan fingerprint density at radius 2 is 1.82 bits per heavy atom. The molecule has 28 heavy (non-hydrogen) atoms. The highest BCUT2D eigenvalue weighted by atomic mass is 16.1. The van der Waals surface area contributed by atoms with E-state index in [1.807, 2.05) is 24.3 Å². The third kappa shape index (κ3) is 3.27. The molecule has 0 aliphatic heterocycles. The molecule has 0 amide bonds. The van der Waals surface area contributed by atoms with Crippen LogP contribution in [0.4, 0.5) is 5.82 Å². The molecule has 0 bridgehead atoms. The predicted molar refractivity (Wildman–Crippen MR) is 114 cm³/mol. The largest absolute Gasteiger partial charge is 0.382 e. The van der Waals surface area contributed by atoms with Crippen LogP contribution in [0.5, 0.6) is 0 Å². The van der Waals surface area contributed by atoms with Gasteiger partial charge in [-0.2, -0.15) is 0 Å². The van der Waals surface area contributed by atoms with E-state index in [1.54, 1.807) is 4.57 Å². The van der Waals surface area contributed by atoms with E-state index in [0.717, 1.165) is 41.6 Å². The maximum atomic E-state index is 12.7. The van der Waals surface area contributed by atoms with Crippen LogP contribution in [0.15, 0.2) is 53.3 Å². The number of para-hydroxylation sites is 1. The van der Waals surface area contributed by atoms with E-state index in [9.17, 15) is 4.79 Å². The number of H-pyrrole nitrogens is 1. The van der Waals surface area contributed by atoms with Crippen LogP contribution in [0.2, 0.25) is 0 Å². The number of rotatable bonds is 6. The van der Waals surface area contributed by atoms with E-state index < -0.39 is 0 Å². The van der Waals surface area contributed by atoms with Gasteiger partial charge in [-0.25, -0.2) is 9.78 Å². The molecule has 2 aromatic heterocycles. The van der Waals surface area contributed by atoms with Crippen molar-refractivity contribution in [3.63, 3.8) is 0 Å². The Morgan fingerprint density at radius 1 is 1.07 bits per heavy atom. The Bertz CT molecular complexity index is 1190. The number of aromatic nitrogens is 3. The molecule has 0 radical (unpaired) electrons. The van der Waals surface area contributed by atoms with Crippen molar-refractivity contribution < 1.29 is 0 Å². The van der Waals surface area contributed by atoms with Crippen molar-refractivity contribution in [1.29, 1.82) is 0 Å². The topological polar surface area (TPSA) is 79.9 Å². The summed E-state index contributed by atoms with van der Waals surface area (Å²) in [5, 5.41) is 0.921. The molecular formula is C22H25N5O. The summed E-state index contributed by atoms with van der Waals surface area (Å²) < 4.78 is 1.76.